The zero-order valence-corrected chi connectivity index (χ0v) is 15.9. The van der Waals surface area contributed by atoms with E-state index in [-0.39, 0.29) is 19.8 Å². The van der Waals surface area contributed by atoms with Crippen LogP contribution in [0, 0.1) is 6.92 Å². The van der Waals surface area contributed by atoms with E-state index in [1.54, 1.807) is 12.1 Å². The number of anilines is 1. The van der Waals surface area contributed by atoms with Gasteiger partial charge in [-0.15, -0.1) is 0 Å². The fraction of sp³-hybridized carbons (Fsp3) is 0.250. The van der Waals surface area contributed by atoms with Gasteiger partial charge in [-0.25, -0.2) is 9.59 Å². The molecule has 1 saturated heterocycles. The highest BCUT2D eigenvalue weighted by molar-refractivity contribution is 6.34. The molecule has 2 amide bonds. The number of ether oxygens (including phenoxy) is 2. The number of cyclic esters (lactones) is 1. The highest BCUT2D eigenvalue weighted by atomic mass is 35.5. The van der Waals surface area contributed by atoms with Gasteiger partial charge in [0.1, 0.15) is 12.6 Å². The Morgan fingerprint density at radius 3 is 2.71 bits per heavy atom. The number of carbonyl (C=O) groups excluding carboxylic acids is 3. The molecule has 0 spiro atoms. The van der Waals surface area contributed by atoms with Crippen LogP contribution < -0.4 is 5.32 Å². The van der Waals surface area contributed by atoms with E-state index in [0.29, 0.717) is 10.7 Å². The number of halogens is 1. The molecule has 0 unspecified atom stereocenters. The van der Waals surface area contributed by atoms with E-state index in [1.165, 1.54) is 0 Å². The largest absolute Gasteiger partial charge is 0.444 e. The lowest BCUT2D eigenvalue weighted by Gasteiger charge is -2.19. The van der Waals surface area contributed by atoms with Crippen molar-refractivity contribution in [1.29, 1.82) is 0 Å². The lowest BCUT2D eigenvalue weighted by Crippen LogP contribution is -2.40. The molecule has 7 nitrogen and oxygen atoms in total. The van der Waals surface area contributed by atoms with Gasteiger partial charge in [0, 0.05) is 0 Å². The van der Waals surface area contributed by atoms with E-state index in [9.17, 15) is 14.4 Å². The first-order valence-corrected chi connectivity index (χ1v) is 9.02. The van der Waals surface area contributed by atoms with Crippen LogP contribution in [0.1, 0.15) is 17.5 Å². The van der Waals surface area contributed by atoms with Crippen molar-refractivity contribution in [3.8, 4) is 0 Å². The number of aryl methyl sites for hydroxylation is 1. The van der Waals surface area contributed by atoms with Crippen molar-refractivity contribution in [1.82, 2.24) is 4.90 Å². The van der Waals surface area contributed by atoms with Crippen LogP contribution in [0.5, 0.6) is 0 Å². The summed E-state index contributed by atoms with van der Waals surface area (Å²) >= 11 is 6.17. The fourth-order valence-corrected chi connectivity index (χ4v) is 2.92. The van der Waals surface area contributed by atoms with Gasteiger partial charge in [-0.3, -0.25) is 9.69 Å². The highest BCUT2D eigenvalue weighted by Gasteiger charge is 2.40. The quantitative estimate of drug-likeness (QED) is 0.774. The van der Waals surface area contributed by atoms with Gasteiger partial charge < -0.3 is 14.8 Å². The zero-order chi connectivity index (χ0) is 20.1. The van der Waals surface area contributed by atoms with Gasteiger partial charge in [0.05, 0.1) is 17.1 Å². The maximum atomic E-state index is 12.4. The molecule has 1 fully saturated rings. The summed E-state index contributed by atoms with van der Waals surface area (Å²) in [6.45, 7) is 1.62. The maximum absolute atomic E-state index is 12.4. The summed E-state index contributed by atoms with van der Waals surface area (Å²) in [4.78, 5) is 37.8. The smallest absolute Gasteiger partial charge is 0.413 e. The molecule has 2 aromatic rings. The van der Waals surface area contributed by atoms with Crippen LogP contribution in [-0.4, -0.2) is 35.6 Å². The van der Waals surface area contributed by atoms with Crippen LogP contribution in [0.4, 0.5) is 10.5 Å². The molecule has 0 bridgehead atoms. The molecule has 0 saturated carbocycles. The van der Waals surface area contributed by atoms with Crippen LogP contribution >= 0.6 is 11.6 Å². The van der Waals surface area contributed by atoms with Crippen LogP contribution in [0.2, 0.25) is 5.02 Å². The van der Waals surface area contributed by atoms with E-state index in [4.69, 9.17) is 21.1 Å². The Labute approximate surface area is 167 Å². The van der Waals surface area contributed by atoms with Gasteiger partial charge in [0.2, 0.25) is 5.91 Å². The number of rotatable bonds is 5. The van der Waals surface area contributed by atoms with Crippen molar-refractivity contribution in [3.63, 3.8) is 0 Å². The summed E-state index contributed by atoms with van der Waals surface area (Å²) < 4.78 is 10.2. The molecule has 1 N–H and O–H groups in total. The summed E-state index contributed by atoms with van der Waals surface area (Å²) in [5.74, 6) is -1.11. The predicted molar refractivity (Wildman–Crippen MR) is 103 cm³/mol. The molecule has 1 aliphatic heterocycles. The number of carbonyl (C=O) groups is 3. The predicted octanol–water partition coefficient (Wildman–Crippen LogP) is 3.50. The van der Waals surface area contributed by atoms with Crippen molar-refractivity contribution in [2.75, 3.05) is 12.0 Å². The second-order valence-electron chi connectivity index (χ2n) is 6.31. The molecule has 8 heteroatoms. The normalized spacial score (nSPS) is 15.9. The Morgan fingerprint density at radius 1 is 1.21 bits per heavy atom. The Balaban J connectivity index is 1.61. The fourth-order valence-electron chi connectivity index (χ4n) is 2.74. The molecule has 0 radical (unpaired) electrons. The molecule has 1 heterocycles. The average molecular weight is 403 g/mol. The molecule has 28 heavy (non-hydrogen) atoms. The zero-order valence-electron chi connectivity index (χ0n) is 15.2. The Kier molecular flexibility index (Phi) is 6.16. The SMILES string of the molecule is Cc1cccc(NC(=O)C[C@H]2C(=O)OCN2C(=O)OCc2ccccc2)c1Cl. The van der Waals surface area contributed by atoms with Gasteiger partial charge in [0.25, 0.3) is 0 Å². The summed E-state index contributed by atoms with van der Waals surface area (Å²) in [5.41, 5.74) is 2.06. The minimum atomic E-state index is -1.05. The molecule has 3 rings (SSSR count). The first-order valence-electron chi connectivity index (χ1n) is 8.64. The molecule has 1 atom stereocenters. The third-order valence-corrected chi connectivity index (χ3v) is 4.78. The van der Waals surface area contributed by atoms with Gasteiger partial charge in [0.15, 0.2) is 6.73 Å². The molecular formula is C20H19ClN2O5. The molecule has 1 aliphatic rings. The number of benzene rings is 2. The monoisotopic (exact) mass is 402 g/mol. The van der Waals surface area contributed by atoms with Crippen molar-refractivity contribution in [3.05, 3.63) is 64.7 Å². The van der Waals surface area contributed by atoms with Crippen LogP contribution in [-0.2, 0) is 25.7 Å². The van der Waals surface area contributed by atoms with E-state index >= 15 is 0 Å². The summed E-state index contributed by atoms with van der Waals surface area (Å²) in [5, 5.41) is 3.08. The first-order chi connectivity index (χ1) is 13.5. The maximum Gasteiger partial charge on any atom is 0.413 e. The van der Waals surface area contributed by atoms with Crippen molar-refractivity contribution >= 4 is 35.3 Å². The highest BCUT2D eigenvalue weighted by Crippen LogP contribution is 2.26. The average Bonchev–Trinajstić information content (AvgIpc) is 3.05. The third-order valence-electron chi connectivity index (χ3n) is 4.28. The van der Waals surface area contributed by atoms with Crippen LogP contribution in [0.15, 0.2) is 48.5 Å². The van der Waals surface area contributed by atoms with Gasteiger partial charge in [-0.2, -0.15) is 0 Å². The van der Waals surface area contributed by atoms with Gasteiger partial charge in [-0.05, 0) is 24.1 Å². The minimum Gasteiger partial charge on any atom is -0.444 e. The summed E-state index contributed by atoms with van der Waals surface area (Å²) in [6, 6.07) is 13.3. The lowest BCUT2D eigenvalue weighted by atomic mass is 10.1. The van der Waals surface area contributed by atoms with E-state index in [0.717, 1.165) is 16.0 Å². The molecule has 146 valence electrons. The first kappa shape index (κ1) is 19.7. The van der Waals surface area contributed by atoms with Crippen LogP contribution in [0.25, 0.3) is 0 Å². The molecule has 0 aromatic heterocycles. The number of hydrogen-bond donors (Lipinski definition) is 1. The van der Waals surface area contributed by atoms with E-state index in [1.807, 2.05) is 43.3 Å². The van der Waals surface area contributed by atoms with Crippen molar-refractivity contribution < 1.29 is 23.9 Å². The standard InChI is InChI=1S/C20H19ClN2O5/c1-13-6-5-9-15(18(13)21)22-17(24)10-16-19(25)28-12-23(16)20(26)27-11-14-7-3-2-4-8-14/h2-9,16H,10-12H2,1H3,(H,22,24)/t16-/m0/s1. The summed E-state index contributed by atoms with van der Waals surface area (Å²) in [6.07, 6.45) is -0.982. The van der Waals surface area contributed by atoms with Gasteiger partial charge in [-0.1, -0.05) is 54.1 Å². The van der Waals surface area contributed by atoms with Crippen molar-refractivity contribution in [2.45, 2.75) is 26.0 Å². The second-order valence-corrected chi connectivity index (χ2v) is 6.68. The topological polar surface area (TPSA) is 84.9 Å². The van der Waals surface area contributed by atoms with E-state index in [2.05, 4.69) is 5.32 Å². The number of nitrogens with zero attached hydrogens (tertiary/aromatic N) is 1. The van der Waals surface area contributed by atoms with Crippen LogP contribution in [0.3, 0.4) is 0 Å². The second kappa shape index (κ2) is 8.75. The third kappa shape index (κ3) is 4.61. The number of hydrogen-bond acceptors (Lipinski definition) is 5. The molecule has 2 aromatic carbocycles. The minimum absolute atomic E-state index is 0.0577. The number of amides is 2. The number of esters is 1. The lowest BCUT2D eigenvalue weighted by molar-refractivity contribution is -0.140. The Morgan fingerprint density at radius 2 is 1.96 bits per heavy atom. The van der Waals surface area contributed by atoms with Gasteiger partial charge >= 0.3 is 12.1 Å². The number of nitrogens with one attached hydrogen (secondary N) is 1. The Hall–Kier alpha value is -3.06. The molecule has 0 aliphatic carbocycles. The summed E-state index contributed by atoms with van der Waals surface area (Å²) in [7, 11) is 0. The Bertz CT molecular complexity index is 887. The van der Waals surface area contributed by atoms with Crippen molar-refractivity contribution in [2.24, 2.45) is 0 Å². The molecular weight excluding hydrogens is 384 g/mol. The van der Waals surface area contributed by atoms with E-state index < -0.39 is 24.0 Å².